The predicted molar refractivity (Wildman–Crippen MR) is 103 cm³/mol. The van der Waals surface area contributed by atoms with Crippen LogP contribution in [0.2, 0.25) is 0 Å². The first kappa shape index (κ1) is 17.6. The number of piperidine rings is 1. The van der Waals surface area contributed by atoms with Crippen molar-refractivity contribution < 1.29 is 4.79 Å². The van der Waals surface area contributed by atoms with Crippen LogP contribution in [0.1, 0.15) is 31.5 Å². The highest BCUT2D eigenvalue weighted by molar-refractivity contribution is 5.85. The Balaban J connectivity index is 1.34. The van der Waals surface area contributed by atoms with Gasteiger partial charge < -0.3 is 14.4 Å². The summed E-state index contributed by atoms with van der Waals surface area (Å²) in [6.45, 7) is 6.95. The summed E-state index contributed by atoms with van der Waals surface area (Å²) >= 11 is 0. The van der Waals surface area contributed by atoms with Crippen molar-refractivity contribution in [2.45, 2.75) is 43.9 Å². The maximum atomic E-state index is 13.3. The van der Waals surface area contributed by atoms with Crippen LogP contribution >= 0.6 is 0 Å². The monoisotopic (exact) mass is 372 g/mol. The molecule has 0 radical (unpaired) electrons. The Labute approximate surface area is 161 Å². The number of aromatic nitrogens is 2. The third-order valence-corrected chi connectivity index (χ3v) is 7.25. The summed E-state index contributed by atoms with van der Waals surface area (Å²) in [6.07, 6.45) is 8.63. The van der Waals surface area contributed by atoms with Gasteiger partial charge in [-0.15, -0.1) is 0 Å². The number of piperazine rings is 1. The predicted octanol–water partition coefficient (Wildman–Crippen LogP) is 0.580. The lowest BCUT2D eigenvalue weighted by Gasteiger charge is -2.51. The van der Waals surface area contributed by atoms with Crippen molar-refractivity contribution in [3.05, 3.63) is 18.2 Å². The molecule has 1 spiro atoms. The molecule has 4 fully saturated rings. The normalized spacial score (nSPS) is 29.6. The van der Waals surface area contributed by atoms with Gasteiger partial charge in [0.1, 0.15) is 11.9 Å². The first-order valence-electron chi connectivity index (χ1n) is 10.5. The fourth-order valence-corrected chi connectivity index (χ4v) is 5.36. The number of amides is 1. The number of likely N-dealkylation sites (N-methyl/N-ethyl adjacent to an activating group) is 1. The molecule has 1 saturated carbocycles. The smallest absolute Gasteiger partial charge is 0.242 e. The lowest BCUT2D eigenvalue weighted by Crippen LogP contribution is -2.63. The second kappa shape index (κ2) is 6.57. The molecule has 4 aliphatic rings. The Kier molecular flexibility index (Phi) is 4.29. The van der Waals surface area contributed by atoms with Crippen molar-refractivity contribution in [3.8, 4) is 0 Å². The molecule has 0 N–H and O–H groups in total. The van der Waals surface area contributed by atoms with Crippen LogP contribution in [0.25, 0.3) is 0 Å². The Morgan fingerprint density at radius 2 is 1.93 bits per heavy atom. The summed E-state index contributed by atoms with van der Waals surface area (Å²) < 4.78 is 2.11. The lowest BCUT2D eigenvalue weighted by atomic mass is 9.93. The van der Waals surface area contributed by atoms with E-state index in [1.54, 1.807) is 0 Å². The highest BCUT2D eigenvalue weighted by atomic mass is 16.2. The number of carbonyl (C=O) groups excluding carboxylic acids is 1. The van der Waals surface area contributed by atoms with E-state index in [1.165, 1.54) is 12.8 Å². The van der Waals surface area contributed by atoms with Crippen molar-refractivity contribution in [2.75, 3.05) is 46.3 Å². The molecule has 1 amide bonds. The van der Waals surface area contributed by atoms with Crippen LogP contribution < -0.4 is 0 Å². The van der Waals surface area contributed by atoms with Crippen LogP contribution in [0.5, 0.6) is 0 Å². The zero-order valence-corrected chi connectivity index (χ0v) is 16.7. The summed E-state index contributed by atoms with van der Waals surface area (Å²) in [5.41, 5.74) is -0.0380. The van der Waals surface area contributed by atoms with Crippen LogP contribution in [0, 0.1) is 5.92 Å². The van der Waals surface area contributed by atoms with Gasteiger partial charge in [-0.1, -0.05) is 0 Å². The molecule has 0 bridgehead atoms. The molecule has 27 heavy (non-hydrogen) atoms. The van der Waals surface area contributed by atoms with Gasteiger partial charge in [-0.3, -0.25) is 14.6 Å². The minimum atomic E-state index is -0.0380. The molecule has 7 nitrogen and oxygen atoms in total. The van der Waals surface area contributed by atoms with Crippen LogP contribution in [0.3, 0.4) is 0 Å². The molecule has 1 aliphatic carbocycles. The number of rotatable bonds is 4. The molecule has 3 saturated heterocycles. The van der Waals surface area contributed by atoms with E-state index in [1.807, 2.05) is 12.4 Å². The van der Waals surface area contributed by atoms with Gasteiger partial charge in [-0.2, -0.15) is 0 Å². The second-order valence-electron chi connectivity index (χ2n) is 9.08. The van der Waals surface area contributed by atoms with E-state index in [4.69, 9.17) is 0 Å². The van der Waals surface area contributed by atoms with Gasteiger partial charge in [-0.25, -0.2) is 4.98 Å². The van der Waals surface area contributed by atoms with Crippen molar-refractivity contribution >= 4 is 5.91 Å². The molecular weight excluding hydrogens is 340 g/mol. The molecule has 0 aromatic carbocycles. The number of hydrogen-bond acceptors (Lipinski definition) is 5. The molecule has 1 aromatic rings. The van der Waals surface area contributed by atoms with E-state index < -0.39 is 0 Å². The van der Waals surface area contributed by atoms with Gasteiger partial charge in [-0.05, 0) is 38.6 Å². The molecule has 5 rings (SSSR count). The van der Waals surface area contributed by atoms with Crippen LogP contribution in [-0.4, -0.2) is 93.1 Å². The average Bonchev–Trinajstić information content (AvgIpc) is 3.37. The van der Waals surface area contributed by atoms with E-state index in [0.29, 0.717) is 5.91 Å². The molecule has 0 unspecified atom stereocenters. The van der Waals surface area contributed by atoms with Gasteiger partial charge in [0.05, 0.1) is 12.2 Å². The number of fused-ring (bicyclic) bond motifs is 2. The summed E-state index contributed by atoms with van der Waals surface area (Å²) in [7, 11) is 4.21. The zero-order chi connectivity index (χ0) is 18.6. The van der Waals surface area contributed by atoms with Crippen LogP contribution in [0.15, 0.2) is 12.4 Å². The summed E-state index contributed by atoms with van der Waals surface area (Å²) in [5, 5.41) is 0. The molecule has 1 aromatic heterocycles. The minimum absolute atomic E-state index is 0.0380. The second-order valence-corrected chi connectivity index (χ2v) is 9.08. The van der Waals surface area contributed by atoms with Crippen LogP contribution in [0.4, 0.5) is 0 Å². The number of imidazole rings is 1. The molecule has 148 valence electrons. The van der Waals surface area contributed by atoms with Gasteiger partial charge in [0, 0.05) is 58.7 Å². The van der Waals surface area contributed by atoms with Gasteiger partial charge >= 0.3 is 0 Å². The molecule has 7 heteroatoms. The third-order valence-electron chi connectivity index (χ3n) is 7.25. The summed E-state index contributed by atoms with van der Waals surface area (Å²) in [5.74, 6) is 2.27. The minimum Gasteiger partial charge on any atom is -0.337 e. The van der Waals surface area contributed by atoms with Gasteiger partial charge in [0.15, 0.2) is 0 Å². The maximum absolute atomic E-state index is 13.3. The van der Waals surface area contributed by atoms with Crippen molar-refractivity contribution in [1.82, 2.24) is 29.2 Å². The van der Waals surface area contributed by atoms with E-state index in [-0.39, 0.29) is 11.7 Å². The fourth-order valence-electron chi connectivity index (χ4n) is 5.36. The first-order valence-corrected chi connectivity index (χ1v) is 10.5. The van der Waals surface area contributed by atoms with Crippen molar-refractivity contribution in [2.24, 2.45) is 13.0 Å². The van der Waals surface area contributed by atoms with Crippen molar-refractivity contribution in [3.63, 3.8) is 0 Å². The maximum Gasteiger partial charge on any atom is 0.242 e. The van der Waals surface area contributed by atoms with E-state index in [9.17, 15) is 4.79 Å². The van der Waals surface area contributed by atoms with E-state index >= 15 is 0 Å². The SMILES string of the molecule is CN1CCN2[C@H](C1)C(=O)N(CC1CC1)C21CCN(Cc2nccn2C)CC1. The highest BCUT2D eigenvalue weighted by Gasteiger charge is 2.58. The molecule has 1 atom stereocenters. The Morgan fingerprint density at radius 3 is 2.59 bits per heavy atom. The summed E-state index contributed by atoms with van der Waals surface area (Å²) in [4.78, 5) is 27.5. The van der Waals surface area contributed by atoms with Gasteiger partial charge in [0.2, 0.25) is 5.91 Å². The first-order chi connectivity index (χ1) is 13.1. The molecular formula is C20H32N6O. The molecule has 3 aliphatic heterocycles. The van der Waals surface area contributed by atoms with Gasteiger partial charge in [0.25, 0.3) is 0 Å². The van der Waals surface area contributed by atoms with E-state index in [0.717, 1.165) is 70.4 Å². The largest absolute Gasteiger partial charge is 0.337 e. The van der Waals surface area contributed by atoms with Crippen molar-refractivity contribution in [1.29, 1.82) is 0 Å². The third kappa shape index (κ3) is 3.00. The summed E-state index contributed by atoms with van der Waals surface area (Å²) in [6, 6.07) is 0.0728. The van der Waals surface area contributed by atoms with E-state index in [2.05, 4.69) is 43.2 Å². The number of aryl methyl sites for hydroxylation is 1. The quantitative estimate of drug-likeness (QED) is 0.774. The zero-order valence-electron chi connectivity index (χ0n) is 16.7. The van der Waals surface area contributed by atoms with Crippen LogP contribution in [-0.2, 0) is 18.4 Å². The topological polar surface area (TPSA) is 47.9 Å². The number of nitrogens with zero attached hydrogens (tertiary/aromatic N) is 6. The molecule has 4 heterocycles. The standard InChI is InChI=1S/C20H32N6O/c1-22-11-12-25-17(14-22)19(27)26(13-16-3-4-16)20(25)5-8-24(9-6-20)15-18-21-7-10-23(18)2/h7,10,16-17H,3-6,8-9,11-15H2,1-2H3/t17-/m1/s1. The average molecular weight is 373 g/mol. The number of hydrogen-bond donors (Lipinski definition) is 0. The fraction of sp³-hybridized carbons (Fsp3) is 0.800. The Hall–Kier alpha value is -1.44. The Morgan fingerprint density at radius 1 is 1.15 bits per heavy atom. The Bertz CT molecular complexity index is 705. The highest BCUT2D eigenvalue weighted by Crippen LogP contribution is 2.44. The lowest BCUT2D eigenvalue weighted by molar-refractivity contribution is -0.134. The number of carbonyl (C=O) groups is 1. The number of likely N-dealkylation sites (tertiary alicyclic amines) is 1.